The van der Waals surface area contributed by atoms with Gasteiger partial charge in [-0.15, -0.1) is 0 Å². The molecule has 7 nitrogen and oxygen atoms in total. The molecule has 0 saturated heterocycles. The van der Waals surface area contributed by atoms with E-state index in [1.807, 2.05) is 22.9 Å². The Morgan fingerprint density at radius 1 is 1.27 bits per heavy atom. The van der Waals surface area contributed by atoms with Crippen LogP contribution < -0.4 is 15.4 Å². The van der Waals surface area contributed by atoms with Gasteiger partial charge < -0.3 is 10.6 Å². The number of sulfonamides is 1. The SMILES string of the molecule is CCC(C)(C)C1=CCC(S(=O)(=O)NCC2C=CC=C(CNC3=CC(C4=C(Cl)CCC=C4)Nc4c(Br)cnn43)C2)C=C1. The number of fused-ring (bicyclic) bond motifs is 1. The van der Waals surface area contributed by atoms with Crippen molar-refractivity contribution in [1.82, 2.24) is 19.8 Å². The Balaban J connectivity index is 1.18. The standard InChI is InChI=1S/C31H39BrClN5O2S/c1-4-31(2,3)23-12-14-24(15-13-23)41(39,40)36-19-22-9-7-8-21(16-22)18-34-29-17-28(25-10-5-6-11-27(25)33)37-30-26(32)20-35-38(29)30/h5,7-10,12-14,17,20,22,24,28,34,36-37H,4,6,11,15-16,18-19H2,1-3H3. The molecule has 3 N–H and O–H groups in total. The Morgan fingerprint density at radius 2 is 2.10 bits per heavy atom. The van der Waals surface area contributed by atoms with Crippen molar-refractivity contribution in [2.24, 2.45) is 11.3 Å². The van der Waals surface area contributed by atoms with Gasteiger partial charge in [-0.1, -0.05) is 86.6 Å². The highest BCUT2D eigenvalue weighted by Gasteiger charge is 2.29. The normalized spacial score (nSPS) is 24.4. The van der Waals surface area contributed by atoms with E-state index in [0.717, 1.165) is 52.4 Å². The number of aromatic nitrogens is 2. The van der Waals surface area contributed by atoms with Crippen LogP contribution in [-0.4, -0.2) is 42.6 Å². The van der Waals surface area contributed by atoms with Crippen molar-refractivity contribution in [3.8, 4) is 0 Å². The number of hydrogen-bond acceptors (Lipinski definition) is 5. The lowest BCUT2D eigenvalue weighted by Gasteiger charge is -2.29. The number of rotatable bonds is 10. The topological polar surface area (TPSA) is 88.1 Å². The van der Waals surface area contributed by atoms with E-state index in [-0.39, 0.29) is 17.4 Å². The van der Waals surface area contributed by atoms with E-state index in [2.05, 4.69) is 93.6 Å². The molecule has 41 heavy (non-hydrogen) atoms. The maximum absolute atomic E-state index is 13.1. The molecule has 0 spiro atoms. The Bertz CT molecular complexity index is 1500. The second kappa shape index (κ2) is 12.5. The smallest absolute Gasteiger partial charge is 0.218 e. The second-order valence-electron chi connectivity index (χ2n) is 11.7. The molecular weight excluding hydrogens is 622 g/mol. The van der Waals surface area contributed by atoms with Gasteiger partial charge in [0, 0.05) is 18.1 Å². The fourth-order valence-corrected chi connectivity index (χ4v) is 7.41. The molecule has 3 unspecified atom stereocenters. The fourth-order valence-electron chi connectivity index (χ4n) is 5.45. The van der Waals surface area contributed by atoms with Gasteiger partial charge in [0.15, 0.2) is 0 Å². The fraction of sp³-hybridized carbons (Fsp3) is 0.452. The zero-order chi connectivity index (χ0) is 29.2. The highest BCUT2D eigenvalue weighted by atomic mass is 79.9. The summed E-state index contributed by atoms with van der Waals surface area (Å²) in [6.45, 7) is 7.55. The van der Waals surface area contributed by atoms with Crippen molar-refractivity contribution in [2.45, 2.75) is 64.2 Å². The summed E-state index contributed by atoms with van der Waals surface area (Å²) in [7, 11) is -3.46. The highest BCUT2D eigenvalue weighted by molar-refractivity contribution is 9.10. The molecular formula is C31H39BrClN5O2S. The first-order chi connectivity index (χ1) is 19.6. The third kappa shape index (κ3) is 6.85. The minimum Gasteiger partial charge on any atom is -0.366 e. The van der Waals surface area contributed by atoms with E-state index in [1.54, 1.807) is 6.20 Å². The van der Waals surface area contributed by atoms with Gasteiger partial charge >= 0.3 is 0 Å². The first-order valence-electron chi connectivity index (χ1n) is 14.3. The van der Waals surface area contributed by atoms with Gasteiger partial charge in [-0.05, 0) is 76.6 Å². The van der Waals surface area contributed by atoms with Crippen LogP contribution in [0.3, 0.4) is 0 Å². The van der Waals surface area contributed by atoms with Gasteiger partial charge in [0.25, 0.3) is 0 Å². The predicted molar refractivity (Wildman–Crippen MR) is 173 cm³/mol. The van der Waals surface area contributed by atoms with E-state index >= 15 is 0 Å². The number of allylic oxidation sites excluding steroid dienone is 7. The summed E-state index contributed by atoms with van der Waals surface area (Å²) in [5, 5.41) is 12.0. The zero-order valence-electron chi connectivity index (χ0n) is 23.8. The zero-order valence-corrected chi connectivity index (χ0v) is 27.0. The lowest BCUT2D eigenvalue weighted by atomic mass is 9.79. The number of nitrogens with one attached hydrogen (secondary N) is 3. The lowest BCUT2D eigenvalue weighted by molar-refractivity contribution is 0.436. The van der Waals surface area contributed by atoms with Gasteiger partial charge in [0.1, 0.15) is 11.6 Å². The monoisotopic (exact) mass is 659 g/mol. The van der Waals surface area contributed by atoms with Crippen molar-refractivity contribution in [2.75, 3.05) is 18.4 Å². The lowest BCUT2D eigenvalue weighted by Crippen LogP contribution is -2.37. The first kappa shape index (κ1) is 30.1. The van der Waals surface area contributed by atoms with Crippen LogP contribution in [0.2, 0.25) is 0 Å². The number of halogens is 2. The summed E-state index contributed by atoms with van der Waals surface area (Å²) in [5.74, 6) is 1.84. The number of anilines is 1. The van der Waals surface area contributed by atoms with Gasteiger partial charge in [0.2, 0.25) is 10.0 Å². The Labute approximate surface area is 257 Å². The van der Waals surface area contributed by atoms with E-state index in [9.17, 15) is 8.42 Å². The maximum atomic E-state index is 13.1. The van der Waals surface area contributed by atoms with Crippen LogP contribution >= 0.6 is 27.5 Å². The quantitative estimate of drug-likeness (QED) is 0.258. The van der Waals surface area contributed by atoms with E-state index in [0.29, 0.717) is 19.5 Å². The molecule has 5 rings (SSSR count). The summed E-state index contributed by atoms with van der Waals surface area (Å²) in [6.07, 6.45) is 24.4. The van der Waals surface area contributed by atoms with Crippen LogP contribution in [0.5, 0.6) is 0 Å². The minimum absolute atomic E-state index is 0.0557. The molecule has 0 radical (unpaired) electrons. The maximum Gasteiger partial charge on any atom is 0.218 e. The van der Waals surface area contributed by atoms with Gasteiger partial charge in [-0.2, -0.15) is 5.10 Å². The Kier molecular flexibility index (Phi) is 9.19. The van der Waals surface area contributed by atoms with Crippen LogP contribution in [0.15, 0.2) is 87.1 Å². The van der Waals surface area contributed by atoms with Gasteiger partial charge in [-0.25, -0.2) is 17.8 Å². The van der Waals surface area contributed by atoms with Crippen LogP contribution in [0.4, 0.5) is 5.82 Å². The summed E-state index contributed by atoms with van der Waals surface area (Å²) >= 11 is 10.2. The average Bonchev–Trinajstić information content (AvgIpc) is 3.36. The van der Waals surface area contributed by atoms with Crippen LogP contribution in [0.1, 0.15) is 52.9 Å². The third-order valence-corrected chi connectivity index (χ3v) is 11.2. The molecule has 0 fully saturated rings. The highest BCUT2D eigenvalue weighted by Crippen LogP contribution is 2.35. The van der Waals surface area contributed by atoms with Crippen molar-refractivity contribution in [3.05, 3.63) is 87.1 Å². The number of hydrogen-bond donors (Lipinski definition) is 3. The molecule has 1 aromatic rings. The summed E-state index contributed by atoms with van der Waals surface area (Å²) in [6, 6.07) is -0.0720. The Morgan fingerprint density at radius 3 is 2.83 bits per heavy atom. The molecule has 10 heteroatoms. The Hall–Kier alpha value is -2.33. The summed E-state index contributed by atoms with van der Waals surface area (Å²) < 4.78 is 31.8. The molecule has 3 atom stereocenters. The van der Waals surface area contributed by atoms with Gasteiger partial charge in [-0.3, -0.25) is 0 Å². The molecule has 0 bridgehead atoms. The summed E-state index contributed by atoms with van der Waals surface area (Å²) in [5.41, 5.74) is 3.53. The first-order valence-corrected chi connectivity index (χ1v) is 17.0. The van der Waals surface area contributed by atoms with Crippen molar-refractivity contribution in [1.29, 1.82) is 0 Å². The molecule has 4 aliphatic rings. The van der Waals surface area contributed by atoms with Crippen molar-refractivity contribution in [3.63, 3.8) is 0 Å². The molecule has 3 aliphatic carbocycles. The van der Waals surface area contributed by atoms with E-state index in [1.165, 1.54) is 11.1 Å². The predicted octanol–water partition coefficient (Wildman–Crippen LogP) is 6.78. The van der Waals surface area contributed by atoms with E-state index < -0.39 is 15.3 Å². The van der Waals surface area contributed by atoms with Gasteiger partial charge in [0.05, 0.1) is 22.0 Å². The summed E-state index contributed by atoms with van der Waals surface area (Å²) in [4.78, 5) is 0. The molecule has 2 heterocycles. The second-order valence-corrected chi connectivity index (χ2v) is 15.0. The molecule has 1 aromatic heterocycles. The van der Waals surface area contributed by atoms with Crippen LogP contribution in [-0.2, 0) is 10.0 Å². The van der Waals surface area contributed by atoms with Crippen LogP contribution in [0.25, 0.3) is 5.82 Å². The molecule has 0 amide bonds. The molecule has 1 aliphatic heterocycles. The minimum atomic E-state index is -3.46. The van der Waals surface area contributed by atoms with Crippen LogP contribution in [0, 0.1) is 11.3 Å². The molecule has 0 saturated carbocycles. The third-order valence-electron chi connectivity index (χ3n) is 8.45. The largest absolute Gasteiger partial charge is 0.366 e. The van der Waals surface area contributed by atoms with Crippen molar-refractivity contribution < 1.29 is 8.42 Å². The van der Waals surface area contributed by atoms with Crippen molar-refractivity contribution >= 4 is 49.2 Å². The average molecular weight is 661 g/mol. The molecule has 220 valence electrons. The molecule has 0 aromatic carbocycles. The van der Waals surface area contributed by atoms with E-state index in [4.69, 9.17) is 11.6 Å². The number of nitrogens with zero attached hydrogens (tertiary/aromatic N) is 2.